The van der Waals surface area contributed by atoms with Crippen LogP contribution < -0.4 is 10.1 Å². The highest BCUT2D eigenvalue weighted by Crippen LogP contribution is 2.65. The molecule has 31 heavy (non-hydrogen) atoms. The molecule has 0 radical (unpaired) electrons. The highest BCUT2D eigenvalue weighted by Gasteiger charge is 2.58. The third kappa shape index (κ3) is 2.73. The quantitative estimate of drug-likeness (QED) is 0.469. The lowest BCUT2D eigenvalue weighted by Gasteiger charge is -2.56. The van der Waals surface area contributed by atoms with Gasteiger partial charge in [-0.1, -0.05) is 32.1 Å². The molecular formula is C27H33NO2S. The predicted molar refractivity (Wildman–Crippen MR) is 128 cm³/mol. The molecular weight excluding hydrogens is 402 g/mol. The molecule has 4 heteroatoms. The molecule has 1 aromatic carbocycles. The summed E-state index contributed by atoms with van der Waals surface area (Å²) in [5.41, 5.74) is 4.48. The largest absolute Gasteiger partial charge is 0.497 e. The number of methoxy groups -OCH3 is 1. The number of thiol groups is 1. The highest BCUT2D eigenvalue weighted by molar-refractivity contribution is 8.03. The first kappa shape index (κ1) is 19.8. The van der Waals surface area contributed by atoms with Gasteiger partial charge in [0.05, 0.1) is 12.1 Å². The van der Waals surface area contributed by atoms with Gasteiger partial charge in [0, 0.05) is 28.0 Å². The molecule has 0 amide bonds. The molecule has 1 aromatic rings. The van der Waals surface area contributed by atoms with Crippen LogP contribution in [0.3, 0.4) is 0 Å². The smallest absolute Gasteiger partial charge is 0.139 e. The highest BCUT2D eigenvalue weighted by atomic mass is 32.1. The second-order valence-electron chi connectivity index (χ2n) is 10.7. The Bertz CT molecular complexity index is 1070. The topological polar surface area (TPSA) is 38.3 Å². The molecule has 1 heterocycles. The number of nitrogens with one attached hydrogen (secondary N) is 1. The summed E-state index contributed by atoms with van der Waals surface area (Å²) in [5, 5.41) is 3.77. The van der Waals surface area contributed by atoms with Crippen molar-refractivity contribution < 1.29 is 9.53 Å². The first-order valence-corrected chi connectivity index (χ1v) is 12.8. The fraction of sp³-hybridized carbons (Fsp3) is 0.556. The van der Waals surface area contributed by atoms with Gasteiger partial charge in [0.25, 0.3) is 0 Å². The van der Waals surface area contributed by atoms with Crippen LogP contribution in [0.5, 0.6) is 5.75 Å². The van der Waals surface area contributed by atoms with E-state index >= 15 is 0 Å². The number of ether oxygens (including phenoxy) is 1. The lowest BCUT2D eigenvalue weighted by atomic mass is 9.48. The van der Waals surface area contributed by atoms with Crippen molar-refractivity contribution in [3.05, 3.63) is 52.1 Å². The molecule has 0 aromatic heterocycles. The van der Waals surface area contributed by atoms with Crippen molar-refractivity contribution in [2.75, 3.05) is 7.11 Å². The Morgan fingerprint density at radius 2 is 1.94 bits per heavy atom. The maximum Gasteiger partial charge on any atom is 0.139 e. The zero-order valence-corrected chi connectivity index (χ0v) is 19.7. The molecule has 4 aliphatic carbocycles. The van der Waals surface area contributed by atoms with Crippen molar-refractivity contribution in [2.45, 2.75) is 58.8 Å². The second kappa shape index (κ2) is 6.84. The van der Waals surface area contributed by atoms with Crippen molar-refractivity contribution in [3.63, 3.8) is 0 Å². The number of hydrogen-bond donors (Lipinski definition) is 2. The fourth-order valence-corrected chi connectivity index (χ4v) is 9.11. The van der Waals surface area contributed by atoms with Gasteiger partial charge in [0.2, 0.25) is 0 Å². The van der Waals surface area contributed by atoms with Gasteiger partial charge in [-0.3, -0.25) is 4.79 Å². The number of fused-ring (bicyclic) bond motifs is 6. The van der Waals surface area contributed by atoms with Gasteiger partial charge in [-0.25, -0.2) is 0 Å². The van der Waals surface area contributed by atoms with E-state index in [1.165, 1.54) is 45.3 Å². The van der Waals surface area contributed by atoms with Crippen molar-refractivity contribution >= 4 is 22.1 Å². The van der Waals surface area contributed by atoms with Gasteiger partial charge in [-0.15, -0.1) is 11.4 Å². The molecule has 3 nitrogen and oxygen atoms in total. The Morgan fingerprint density at radius 3 is 2.77 bits per heavy atom. The van der Waals surface area contributed by atoms with Crippen LogP contribution in [0.2, 0.25) is 0 Å². The summed E-state index contributed by atoms with van der Waals surface area (Å²) in [7, 11) is 1.73. The molecule has 6 rings (SSSR count). The molecule has 0 unspecified atom stereocenters. The standard InChI is InChI=1S/C27H33NO2S/c1-26-14-12-22-24(31-25(28-22)16-5-4-6-17(15-16)30-3)21(26)8-7-18-19-9-10-23(29)27(19,2)13-11-20(18)26/h4-6,8,15,18-20,28,31H,7,9-14H2,1-3H3/t18-,19-,20-,26+,27-/m0/s1. The van der Waals surface area contributed by atoms with Gasteiger partial charge in [-0.05, 0) is 79.4 Å². The van der Waals surface area contributed by atoms with Crippen LogP contribution >= 0.6 is 11.4 Å². The Labute approximate surface area is 189 Å². The SMILES string of the molecule is COc1cccc(C2=[SH]C3=C(CC[C@@]4(C)C3=CC[C@@H]3[C@@H]4CC[C@]4(C)C(=O)CC[C@@H]34)N2)c1. The summed E-state index contributed by atoms with van der Waals surface area (Å²) < 4.78 is 5.45. The van der Waals surface area contributed by atoms with Gasteiger partial charge in [-0.2, -0.15) is 0 Å². The monoisotopic (exact) mass is 435 g/mol. The molecule has 164 valence electrons. The molecule has 5 atom stereocenters. The van der Waals surface area contributed by atoms with Gasteiger partial charge < -0.3 is 10.1 Å². The molecule has 5 aliphatic rings. The maximum absolute atomic E-state index is 12.7. The van der Waals surface area contributed by atoms with Crippen LogP contribution in [0.4, 0.5) is 0 Å². The molecule has 2 saturated carbocycles. The van der Waals surface area contributed by atoms with Crippen molar-refractivity contribution in [2.24, 2.45) is 28.6 Å². The minimum absolute atomic E-state index is 0.0392. The van der Waals surface area contributed by atoms with Crippen LogP contribution in [-0.2, 0) is 4.79 Å². The first-order chi connectivity index (χ1) is 14.9. The summed E-state index contributed by atoms with van der Waals surface area (Å²) in [5.74, 6) is 3.46. The van der Waals surface area contributed by atoms with E-state index in [-0.39, 0.29) is 10.8 Å². The van der Waals surface area contributed by atoms with Crippen molar-refractivity contribution in [1.29, 1.82) is 0 Å². The fourth-order valence-electron chi connectivity index (χ4n) is 7.66. The van der Waals surface area contributed by atoms with E-state index in [2.05, 4.69) is 43.4 Å². The molecule has 0 saturated heterocycles. The van der Waals surface area contributed by atoms with E-state index in [0.29, 0.717) is 17.6 Å². The minimum atomic E-state index is -0.0392. The number of hydrogen-bond acceptors (Lipinski definition) is 3. The summed E-state index contributed by atoms with van der Waals surface area (Å²) in [6.07, 6.45) is 10.3. The zero-order chi connectivity index (χ0) is 21.4. The number of Topliss-reactive ketones (excluding diaryl/α,β-unsaturated/α-hetero) is 1. The van der Waals surface area contributed by atoms with Crippen molar-refractivity contribution in [3.8, 4) is 5.75 Å². The van der Waals surface area contributed by atoms with E-state index in [1.807, 2.05) is 6.07 Å². The lowest BCUT2D eigenvalue weighted by molar-refractivity contribution is -0.131. The van der Waals surface area contributed by atoms with Gasteiger partial charge in [0.1, 0.15) is 11.5 Å². The Morgan fingerprint density at radius 1 is 1.10 bits per heavy atom. The third-order valence-corrected chi connectivity index (χ3v) is 10.8. The number of allylic oxidation sites excluding steroid dienone is 3. The van der Waals surface area contributed by atoms with Crippen LogP contribution in [0.1, 0.15) is 64.4 Å². The number of carbonyl (C=O) groups excluding carboxylic acids is 1. The lowest BCUT2D eigenvalue weighted by Crippen LogP contribution is -2.49. The number of rotatable bonds is 2. The average Bonchev–Trinajstić information content (AvgIpc) is 3.34. The summed E-state index contributed by atoms with van der Waals surface area (Å²) >= 11 is 1.31. The Balaban J connectivity index is 1.35. The summed E-state index contributed by atoms with van der Waals surface area (Å²) in [6, 6.07) is 8.40. The van der Waals surface area contributed by atoms with E-state index < -0.39 is 0 Å². The number of benzene rings is 1. The average molecular weight is 436 g/mol. The van der Waals surface area contributed by atoms with Crippen LogP contribution in [0.15, 0.2) is 46.5 Å². The summed E-state index contributed by atoms with van der Waals surface area (Å²) in [4.78, 5) is 15.5. The first-order valence-electron chi connectivity index (χ1n) is 11.9. The predicted octanol–water partition coefficient (Wildman–Crippen LogP) is 5.60. The van der Waals surface area contributed by atoms with E-state index in [4.69, 9.17) is 4.74 Å². The van der Waals surface area contributed by atoms with Gasteiger partial charge >= 0.3 is 0 Å². The Hall–Kier alpha value is -1.81. The van der Waals surface area contributed by atoms with Crippen LogP contribution in [0.25, 0.3) is 0 Å². The normalized spacial score (nSPS) is 38.7. The number of ketones is 1. The summed E-state index contributed by atoms with van der Waals surface area (Å²) in [6.45, 7) is 4.82. The minimum Gasteiger partial charge on any atom is -0.497 e. The van der Waals surface area contributed by atoms with E-state index in [9.17, 15) is 4.79 Å². The molecule has 0 bridgehead atoms. The molecule has 1 N–H and O–H groups in total. The van der Waals surface area contributed by atoms with E-state index in [0.717, 1.165) is 43.8 Å². The van der Waals surface area contributed by atoms with Gasteiger partial charge in [0.15, 0.2) is 0 Å². The Kier molecular flexibility index (Phi) is 4.38. The maximum atomic E-state index is 12.7. The number of carbonyl (C=O) groups is 1. The third-order valence-electron chi connectivity index (χ3n) is 9.45. The second-order valence-corrected chi connectivity index (χ2v) is 11.8. The van der Waals surface area contributed by atoms with E-state index in [1.54, 1.807) is 12.7 Å². The van der Waals surface area contributed by atoms with Crippen LogP contribution in [-0.4, -0.2) is 17.9 Å². The molecule has 2 fully saturated rings. The van der Waals surface area contributed by atoms with Crippen molar-refractivity contribution in [1.82, 2.24) is 5.32 Å². The van der Waals surface area contributed by atoms with Crippen LogP contribution in [0, 0.1) is 28.6 Å². The zero-order valence-electron chi connectivity index (χ0n) is 18.8. The molecule has 1 aliphatic heterocycles. The molecule has 0 spiro atoms.